The summed E-state index contributed by atoms with van der Waals surface area (Å²) in [7, 11) is 0. The summed E-state index contributed by atoms with van der Waals surface area (Å²) in [6, 6.07) is 7.32. The lowest BCUT2D eigenvalue weighted by molar-refractivity contribution is 0.472. The largest absolute Gasteiger partial charge is 0.507 e. The Morgan fingerprint density at radius 3 is 2.75 bits per heavy atom. The molecule has 3 aromatic rings. The molecule has 0 aliphatic carbocycles. The maximum Gasteiger partial charge on any atom is 0.125 e. The number of nitrogens with zero attached hydrogens (tertiary/aromatic N) is 3. The first-order valence-electron chi connectivity index (χ1n) is 7.58. The summed E-state index contributed by atoms with van der Waals surface area (Å²) in [5.74, 6) is -0.438. The number of benzene rings is 1. The van der Waals surface area contributed by atoms with Gasteiger partial charge in [-0.05, 0) is 37.3 Å². The quantitative estimate of drug-likeness (QED) is 0.708. The number of halogens is 1. The first kappa shape index (κ1) is 15.9. The van der Waals surface area contributed by atoms with Crippen molar-refractivity contribution in [1.29, 1.82) is 0 Å². The van der Waals surface area contributed by atoms with E-state index in [0.717, 1.165) is 11.3 Å². The predicted molar refractivity (Wildman–Crippen MR) is 89.7 cm³/mol. The molecule has 0 saturated carbocycles. The van der Waals surface area contributed by atoms with Gasteiger partial charge in [-0.15, -0.1) is 0 Å². The molecule has 0 spiro atoms. The van der Waals surface area contributed by atoms with Crippen molar-refractivity contribution in [3.8, 4) is 5.75 Å². The molecule has 24 heavy (non-hydrogen) atoms. The van der Waals surface area contributed by atoms with Gasteiger partial charge >= 0.3 is 0 Å². The van der Waals surface area contributed by atoms with E-state index < -0.39 is 5.82 Å². The Balaban J connectivity index is 2.02. The second-order valence-electron chi connectivity index (χ2n) is 5.51. The number of hydrogen-bond donors (Lipinski definition) is 2. The molecule has 0 fully saturated rings. The van der Waals surface area contributed by atoms with E-state index in [9.17, 15) is 9.50 Å². The van der Waals surface area contributed by atoms with Gasteiger partial charge in [0.25, 0.3) is 0 Å². The molecule has 0 saturated heterocycles. The first-order chi connectivity index (χ1) is 11.6. The Morgan fingerprint density at radius 1 is 1.25 bits per heavy atom. The number of H-pyrrole nitrogens is 1. The second-order valence-corrected chi connectivity index (χ2v) is 5.51. The van der Waals surface area contributed by atoms with Gasteiger partial charge in [-0.2, -0.15) is 0 Å². The summed E-state index contributed by atoms with van der Waals surface area (Å²) in [5.41, 5.74) is 2.62. The molecule has 0 bridgehead atoms. The van der Waals surface area contributed by atoms with Crippen molar-refractivity contribution >= 4 is 5.71 Å². The number of aromatic nitrogens is 3. The van der Waals surface area contributed by atoms with Gasteiger partial charge in [0.05, 0.1) is 18.1 Å². The Hall–Kier alpha value is -3.02. The monoisotopic (exact) mass is 324 g/mol. The van der Waals surface area contributed by atoms with Gasteiger partial charge in [0.1, 0.15) is 11.6 Å². The van der Waals surface area contributed by atoms with Crippen molar-refractivity contribution in [2.24, 2.45) is 4.99 Å². The van der Waals surface area contributed by atoms with E-state index in [1.165, 1.54) is 18.2 Å². The molecule has 2 N–H and O–H groups in total. The molecular formula is C18H17FN4O. The minimum atomic E-state index is -0.425. The second kappa shape index (κ2) is 7.04. The van der Waals surface area contributed by atoms with Crippen LogP contribution in [0.25, 0.3) is 0 Å². The number of phenolic OH excluding ortho intramolecular Hbond substituents is 1. The molecule has 6 heteroatoms. The van der Waals surface area contributed by atoms with Crippen molar-refractivity contribution in [3.63, 3.8) is 0 Å². The van der Waals surface area contributed by atoms with Crippen LogP contribution in [0.1, 0.15) is 23.7 Å². The first-order valence-corrected chi connectivity index (χ1v) is 7.58. The van der Waals surface area contributed by atoms with Crippen LogP contribution in [0.2, 0.25) is 0 Å². The molecule has 0 unspecified atom stereocenters. The maximum absolute atomic E-state index is 13.7. The van der Waals surface area contributed by atoms with Gasteiger partial charge in [-0.25, -0.2) is 9.37 Å². The lowest BCUT2D eigenvalue weighted by Crippen LogP contribution is -2.12. The van der Waals surface area contributed by atoms with E-state index in [1.807, 2.05) is 6.92 Å². The van der Waals surface area contributed by atoms with E-state index in [4.69, 9.17) is 4.99 Å². The molecule has 1 aromatic carbocycles. The van der Waals surface area contributed by atoms with E-state index in [-0.39, 0.29) is 11.8 Å². The van der Waals surface area contributed by atoms with Crippen molar-refractivity contribution < 1.29 is 9.50 Å². The Morgan fingerprint density at radius 2 is 2.04 bits per heavy atom. The minimum Gasteiger partial charge on any atom is -0.507 e. The molecule has 3 rings (SSSR count). The van der Waals surface area contributed by atoms with Gasteiger partial charge in [0.2, 0.25) is 0 Å². The summed E-state index contributed by atoms with van der Waals surface area (Å²) >= 11 is 0. The number of nitrogens with one attached hydrogen (secondary N) is 1. The number of rotatable bonds is 5. The fourth-order valence-corrected chi connectivity index (χ4v) is 2.49. The molecular weight excluding hydrogens is 307 g/mol. The summed E-state index contributed by atoms with van der Waals surface area (Å²) < 4.78 is 13.7. The highest BCUT2D eigenvalue weighted by Crippen LogP contribution is 2.23. The van der Waals surface area contributed by atoms with Crippen LogP contribution in [0, 0.1) is 5.82 Å². The Bertz CT molecular complexity index is 831. The fourth-order valence-electron chi connectivity index (χ4n) is 2.49. The van der Waals surface area contributed by atoms with E-state index >= 15 is 0 Å². The average Bonchev–Trinajstić information content (AvgIpc) is 3.09. The van der Waals surface area contributed by atoms with Gasteiger partial charge in [0, 0.05) is 41.8 Å². The highest BCUT2D eigenvalue weighted by atomic mass is 19.1. The zero-order chi connectivity index (χ0) is 16.9. The van der Waals surface area contributed by atoms with Crippen LogP contribution in [0.4, 0.5) is 4.39 Å². The standard InChI is InChI=1S/C18H17FN4O/c1-12(8-15-10-21-11-22-15)23-18(13-4-6-20-7-5-13)16-9-14(19)2-3-17(16)24/h2-7,9-12,24H,8H2,1H3,(H,21,22)/t12-/m1/s1. The van der Waals surface area contributed by atoms with Crippen LogP contribution in [0.15, 0.2) is 60.2 Å². The summed E-state index contributed by atoms with van der Waals surface area (Å²) in [5, 5.41) is 10.2. The number of pyridine rings is 1. The molecule has 2 heterocycles. The van der Waals surface area contributed by atoms with Crippen LogP contribution < -0.4 is 0 Å². The van der Waals surface area contributed by atoms with Crippen molar-refractivity contribution in [2.75, 3.05) is 0 Å². The van der Waals surface area contributed by atoms with Crippen LogP contribution in [-0.4, -0.2) is 31.8 Å². The topological polar surface area (TPSA) is 74.2 Å². The van der Waals surface area contributed by atoms with Crippen LogP contribution in [0.5, 0.6) is 5.75 Å². The van der Waals surface area contributed by atoms with Crippen molar-refractivity contribution in [3.05, 3.63) is 77.9 Å². The Labute approximate surface area is 139 Å². The molecule has 1 atom stereocenters. The van der Waals surface area contributed by atoms with Gasteiger partial charge < -0.3 is 10.1 Å². The Kier molecular flexibility index (Phi) is 4.65. The van der Waals surface area contributed by atoms with E-state index in [1.54, 1.807) is 37.1 Å². The lowest BCUT2D eigenvalue weighted by Gasteiger charge is -2.13. The number of aromatic amines is 1. The molecule has 0 aliphatic heterocycles. The highest BCUT2D eigenvalue weighted by molar-refractivity contribution is 6.14. The number of aromatic hydroxyl groups is 1. The average molecular weight is 324 g/mol. The molecule has 122 valence electrons. The third kappa shape index (κ3) is 3.65. The third-order valence-electron chi connectivity index (χ3n) is 3.59. The summed E-state index contributed by atoms with van der Waals surface area (Å²) in [6.45, 7) is 1.96. The molecule has 0 amide bonds. The van der Waals surface area contributed by atoms with Crippen LogP contribution >= 0.6 is 0 Å². The third-order valence-corrected chi connectivity index (χ3v) is 3.59. The SMILES string of the molecule is C[C@H](Cc1cnc[nH]1)N=C(c1ccncc1)c1cc(F)ccc1O. The fraction of sp³-hybridized carbons (Fsp3) is 0.167. The minimum absolute atomic E-state index is 0.0132. The van der Waals surface area contributed by atoms with Crippen molar-refractivity contribution in [2.45, 2.75) is 19.4 Å². The van der Waals surface area contributed by atoms with E-state index in [0.29, 0.717) is 17.7 Å². The van der Waals surface area contributed by atoms with Crippen LogP contribution in [-0.2, 0) is 6.42 Å². The summed E-state index contributed by atoms with van der Waals surface area (Å²) in [4.78, 5) is 15.7. The number of phenols is 1. The summed E-state index contributed by atoms with van der Waals surface area (Å²) in [6.07, 6.45) is 7.30. The number of aliphatic imine (C=N–C) groups is 1. The smallest absolute Gasteiger partial charge is 0.125 e. The molecule has 0 aliphatic rings. The molecule has 2 aromatic heterocycles. The zero-order valence-corrected chi connectivity index (χ0v) is 13.1. The number of imidazole rings is 1. The van der Waals surface area contributed by atoms with Gasteiger partial charge in [-0.1, -0.05) is 0 Å². The number of hydrogen-bond acceptors (Lipinski definition) is 4. The normalized spacial score (nSPS) is 13.0. The van der Waals surface area contributed by atoms with Crippen molar-refractivity contribution in [1.82, 2.24) is 15.0 Å². The van der Waals surface area contributed by atoms with Crippen LogP contribution in [0.3, 0.4) is 0 Å². The molecule has 5 nitrogen and oxygen atoms in total. The predicted octanol–water partition coefficient (Wildman–Crippen LogP) is 3.12. The maximum atomic E-state index is 13.7. The van der Waals surface area contributed by atoms with Gasteiger partial charge in [0.15, 0.2) is 0 Å². The lowest BCUT2D eigenvalue weighted by atomic mass is 10.0. The zero-order valence-electron chi connectivity index (χ0n) is 13.1. The van der Waals surface area contributed by atoms with Gasteiger partial charge in [-0.3, -0.25) is 9.98 Å². The van der Waals surface area contributed by atoms with E-state index in [2.05, 4.69) is 15.0 Å². The highest BCUT2D eigenvalue weighted by Gasteiger charge is 2.15. The molecule has 0 radical (unpaired) electrons.